The van der Waals surface area contributed by atoms with Gasteiger partial charge in [-0.2, -0.15) is 0 Å². The zero-order chi connectivity index (χ0) is 12.5. The quantitative estimate of drug-likeness (QED) is 0.698. The van der Waals surface area contributed by atoms with E-state index in [-0.39, 0.29) is 6.54 Å². The Morgan fingerprint density at radius 2 is 2.06 bits per heavy atom. The molecule has 1 aromatic rings. The van der Waals surface area contributed by atoms with Gasteiger partial charge in [-0.05, 0) is 12.5 Å². The summed E-state index contributed by atoms with van der Waals surface area (Å²) in [5.74, 6) is -0.808. The normalized spacial score (nSPS) is 10.7. The first-order valence-electron chi connectivity index (χ1n) is 5.78. The van der Waals surface area contributed by atoms with Crippen LogP contribution in [0.5, 0.6) is 0 Å². The number of carboxylic acids is 1. The zero-order valence-electron chi connectivity index (χ0n) is 10.1. The molecule has 0 bridgehead atoms. The minimum absolute atomic E-state index is 0.0436. The maximum absolute atomic E-state index is 10.8. The van der Waals surface area contributed by atoms with Crippen LogP contribution in [0, 0.1) is 0 Å². The highest BCUT2D eigenvalue weighted by Gasteiger charge is 2.09. The number of hydrogen-bond acceptors (Lipinski definition) is 3. The van der Waals surface area contributed by atoms with Gasteiger partial charge in [0.2, 0.25) is 0 Å². The summed E-state index contributed by atoms with van der Waals surface area (Å²) in [4.78, 5) is 12.6. The standard InChI is InChI=1S/C13H19NO3/c1-2-17-9-8-14(11-13(15)16)10-12-6-4-3-5-7-12/h3-7H,2,8-11H2,1H3,(H,15,16). The minimum Gasteiger partial charge on any atom is -0.480 e. The van der Waals surface area contributed by atoms with Gasteiger partial charge in [-0.15, -0.1) is 0 Å². The number of rotatable bonds is 8. The molecule has 0 saturated carbocycles. The van der Waals surface area contributed by atoms with Gasteiger partial charge in [0.15, 0.2) is 0 Å². The molecule has 0 amide bonds. The second-order valence-corrected chi connectivity index (χ2v) is 3.79. The Balaban J connectivity index is 2.48. The number of aliphatic carboxylic acids is 1. The van der Waals surface area contributed by atoms with Crippen LogP contribution < -0.4 is 0 Å². The second kappa shape index (κ2) is 7.81. The van der Waals surface area contributed by atoms with E-state index in [0.717, 1.165) is 5.56 Å². The van der Waals surface area contributed by atoms with E-state index < -0.39 is 5.97 Å². The fourth-order valence-corrected chi connectivity index (χ4v) is 1.58. The fourth-order valence-electron chi connectivity index (χ4n) is 1.58. The van der Waals surface area contributed by atoms with Crippen molar-refractivity contribution in [3.63, 3.8) is 0 Å². The summed E-state index contributed by atoms with van der Waals surface area (Å²) in [6.07, 6.45) is 0. The van der Waals surface area contributed by atoms with Crippen molar-refractivity contribution in [3.8, 4) is 0 Å². The van der Waals surface area contributed by atoms with Crippen molar-refractivity contribution in [3.05, 3.63) is 35.9 Å². The summed E-state index contributed by atoms with van der Waals surface area (Å²) in [5.41, 5.74) is 1.12. The van der Waals surface area contributed by atoms with Crippen molar-refractivity contribution in [2.75, 3.05) is 26.3 Å². The van der Waals surface area contributed by atoms with E-state index in [1.165, 1.54) is 0 Å². The van der Waals surface area contributed by atoms with E-state index in [1.54, 1.807) is 0 Å². The van der Waals surface area contributed by atoms with Gasteiger partial charge in [0.1, 0.15) is 0 Å². The molecule has 0 fully saturated rings. The van der Waals surface area contributed by atoms with Crippen molar-refractivity contribution in [2.24, 2.45) is 0 Å². The molecule has 1 rings (SSSR count). The lowest BCUT2D eigenvalue weighted by Crippen LogP contribution is -2.32. The molecule has 0 unspecified atom stereocenters. The number of benzene rings is 1. The van der Waals surface area contributed by atoms with Gasteiger partial charge in [-0.1, -0.05) is 30.3 Å². The molecule has 0 aliphatic carbocycles. The van der Waals surface area contributed by atoms with Gasteiger partial charge in [-0.25, -0.2) is 0 Å². The summed E-state index contributed by atoms with van der Waals surface area (Å²) < 4.78 is 5.25. The molecule has 17 heavy (non-hydrogen) atoms. The largest absolute Gasteiger partial charge is 0.480 e. The van der Waals surface area contributed by atoms with Crippen LogP contribution in [0.1, 0.15) is 12.5 Å². The van der Waals surface area contributed by atoms with Crippen molar-refractivity contribution >= 4 is 5.97 Å². The summed E-state index contributed by atoms with van der Waals surface area (Å²) in [7, 11) is 0. The van der Waals surface area contributed by atoms with E-state index in [0.29, 0.717) is 26.3 Å². The lowest BCUT2D eigenvalue weighted by molar-refractivity contribution is -0.138. The topological polar surface area (TPSA) is 49.8 Å². The first-order chi connectivity index (χ1) is 8.22. The highest BCUT2D eigenvalue weighted by molar-refractivity contribution is 5.69. The van der Waals surface area contributed by atoms with Crippen LogP contribution in [0.25, 0.3) is 0 Å². The molecule has 4 nitrogen and oxygen atoms in total. The fraction of sp³-hybridized carbons (Fsp3) is 0.462. The zero-order valence-corrected chi connectivity index (χ0v) is 10.1. The van der Waals surface area contributed by atoms with Crippen LogP contribution in [-0.2, 0) is 16.1 Å². The van der Waals surface area contributed by atoms with Gasteiger partial charge in [-0.3, -0.25) is 9.69 Å². The van der Waals surface area contributed by atoms with Crippen LogP contribution in [0.4, 0.5) is 0 Å². The van der Waals surface area contributed by atoms with Crippen molar-refractivity contribution in [1.82, 2.24) is 4.90 Å². The molecule has 4 heteroatoms. The molecule has 94 valence electrons. The Morgan fingerprint density at radius 3 is 2.65 bits per heavy atom. The smallest absolute Gasteiger partial charge is 0.317 e. The molecule has 0 aliphatic rings. The van der Waals surface area contributed by atoms with Gasteiger partial charge < -0.3 is 9.84 Å². The van der Waals surface area contributed by atoms with Crippen LogP contribution in [-0.4, -0.2) is 42.3 Å². The number of nitrogens with zero attached hydrogens (tertiary/aromatic N) is 1. The maximum atomic E-state index is 10.8. The van der Waals surface area contributed by atoms with Crippen LogP contribution >= 0.6 is 0 Å². The lowest BCUT2D eigenvalue weighted by Gasteiger charge is -2.20. The second-order valence-electron chi connectivity index (χ2n) is 3.79. The maximum Gasteiger partial charge on any atom is 0.317 e. The first-order valence-corrected chi connectivity index (χ1v) is 5.78. The van der Waals surface area contributed by atoms with Crippen molar-refractivity contribution in [2.45, 2.75) is 13.5 Å². The number of hydrogen-bond donors (Lipinski definition) is 1. The molecule has 0 heterocycles. The molecule has 0 radical (unpaired) electrons. The lowest BCUT2D eigenvalue weighted by atomic mass is 10.2. The van der Waals surface area contributed by atoms with Crippen molar-refractivity contribution in [1.29, 1.82) is 0 Å². The highest BCUT2D eigenvalue weighted by atomic mass is 16.5. The average Bonchev–Trinajstić information content (AvgIpc) is 2.30. The van der Waals surface area contributed by atoms with Gasteiger partial charge in [0, 0.05) is 19.7 Å². The van der Waals surface area contributed by atoms with Gasteiger partial charge >= 0.3 is 5.97 Å². The Bertz CT molecular complexity index is 327. The molecule has 0 spiro atoms. The first kappa shape index (κ1) is 13.7. The van der Waals surface area contributed by atoms with Crippen LogP contribution in [0.2, 0.25) is 0 Å². The number of carbonyl (C=O) groups is 1. The Hall–Kier alpha value is -1.39. The Kier molecular flexibility index (Phi) is 6.29. The third kappa shape index (κ3) is 6.04. The number of ether oxygens (including phenoxy) is 1. The SMILES string of the molecule is CCOCCN(CC(=O)O)Cc1ccccc1. The third-order valence-electron chi connectivity index (χ3n) is 2.36. The minimum atomic E-state index is -0.808. The van der Waals surface area contributed by atoms with Crippen LogP contribution in [0.3, 0.4) is 0 Å². The molecule has 0 saturated heterocycles. The highest BCUT2D eigenvalue weighted by Crippen LogP contribution is 2.04. The molecule has 1 N–H and O–H groups in total. The van der Waals surface area contributed by atoms with Crippen molar-refractivity contribution < 1.29 is 14.6 Å². The van der Waals surface area contributed by atoms with E-state index in [2.05, 4.69) is 0 Å². The van der Waals surface area contributed by atoms with E-state index in [9.17, 15) is 4.79 Å². The summed E-state index contributed by atoms with van der Waals surface area (Å²) in [6.45, 7) is 4.47. The predicted molar refractivity (Wildman–Crippen MR) is 65.8 cm³/mol. The number of carboxylic acid groups (broad SMARTS) is 1. The van der Waals surface area contributed by atoms with E-state index in [4.69, 9.17) is 9.84 Å². The Morgan fingerprint density at radius 1 is 1.35 bits per heavy atom. The summed E-state index contributed by atoms with van der Waals surface area (Å²) in [6, 6.07) is 9.85. The molecule has 0 atom stereocenters. The predicted octanol–water partition coefficient (Wildman–Crippen LogP) is 1.61. The monoisotopic (exact) mass is 237 g/mol. The Labute approximate surface area is 102 Å². The average molecular weight is 237 g/mol. The third-order valence-corrected chi connectivity index (χ3v) is 2.36. The van der Waals surface area contributed by atoms with E-state index in [1.807, 2.05) is 42.2 Å². The summed E-state index contributed by atoms with van der Waals surface area (Å²) >= 11 is 0. The molecular weight excluding hydrogens is 218 g/mol. The van der Waals surface area contributed by atoms with Crippen LogP contribution in [0.15, 0.2) is 30.3 Å². The molecule has 0 aromatic heterocycles. The van der Waals surface area contributed by atoms with E-state index >= 15 is 0 Å². The molecule has 0 aliphatic heterocycles. The summed E-state index contributed by atoms with van der Waals surface area (Å²) in [5, 5.41) is 8.84. The van der Waals surface area contributed by atoms with Gasteiger partial charge in [0.05, 0.1) is 13.2 Å². The van der Waals surface area contributed by atoms with Gasteiger partial charge in [0.25, 0.3) is 0 Å². The molecular formula is C13H19NO3. The molecule has 1 aromatic carbocycles.